The van der Waals surface area contributed by atoms with Crippen LogP contribution in [0.4, 0.5) is 5.69 Å². The molecule has 2 aromatic rings. The molecule has 6 heteroatoms. The normalized spacial score (nSPS) is 11.7. The van der Waals surface area contributed by atoms with Gasteiger partial charge < -0.3 is 20.1 Å². The molecule has 156 valence electrons. The maximum Gasteiger partial charge on any atom is 0.338 e. The van der Waals surface area contributed by atoms with E-state index in [1.54, 1.807) is 26.2 Å². The molecule has 0 fully saturated rings. The zero-order valence-corrected chi connectivity index (χ0v) is 18.6. The summed E-state index contributed by atoms with van der Waals surface area (Å²) < 4.78 is 10.3. The van der Waals surface area contributed by atoms with Crippen LogP contribution in [0.2, 0.25) is 0 Å². The van der Waals surface area contributed by atoms with E-state index in [9.17, 15) is 4.79 Å². The average molecular weight is 415 g/mol. The Morgan fingerprint density at radius 1 is 1.14 bits per heavy atom. The Kier molecular flexibility index (Phi) is 8.46. The molecule has 0 aromatic heterocycles. The van der Waals surface area contributed by atoms with Crippen LogP contribution in [0, 0.1) is 12.8 Å². The van der Waals surface area contributed by atoms with Crippen molar-refractivity contribution < 1.29 is 14.3 Å². The lowest BCUT2D eigenvalue weighted by Gasteiger charge is -2.24. The fourth-order valence-corrected chi connectivity index (χ4v) is 3.25. The Bertz CT molecular complexity index is 835. The van der Waals surface area contributed by atoms with Gasteiger partial charge >= 0.3 is 5.97 Å². The van der Waals surface area contributed by atoms with Crippen molar-refractivity contribution in [3.63, 3.8) is 0 Å². The van der Waals surface area contributed by atoms with E-state index in [4.69, 9.17) is 21.7 Å². The number of benzene rings is 2. The quantitative estimate of drug-likeness (QED) is 0.454. The fourth-order valence-electron chi connectivity index (χ4n) is 3.00. The third-order valence-corrected chi connectivity index (χ3v) is 4.75. The molecule has 2 rings (SSSR count). The van der Waals surface area contributed by atoms with E-state index in [1.165, 1.54) is 0 Å². The molecule has 0 amide bonds. The summed E-state index contributed by atoms with van der Waals surface area (Å²) in [5.41, 5.74) is 3.41. The average Bonchev–Trinajstić information content (AvgIpc) is 2.69. The molecule has 0 aliphatic rings. The molecule has 0 spiro atoms. The zero-order chi connectivity index (χ0) is 21.4. The summed E-state index contributed by atoms with van der Waals surface area (Å²) in [6, 6.07) is 13.5. The monoisotopic (exact) mass is 414 g/mol. The van der Waals surface area contributed by atoms with Crippen LogP contribution in [0.25, 0.3) is 0 Å². The molecule has 0 saturated carbocycles. The Morgan fingerprint density at radius 3 is 2.41 bits per heavy atom. The van der Waals surface area contributed by atoms with Crippen molar-refractivity contribution in [3.8, 4) is 5.75 Å². The molecule has 0 bridgehead atoms. The minimum Gasteiger partial charge on any atom is -0.497 e. The van der Waals surface area contributed by atoms with E-state index in [2.05, 4.69) is 24.5 Å². The van der Waals surface area contributed by atoms with Crippen LogP contribution in [-0.4, -0.2) is 24.8 Å². The smallest absolute Gasteiger partial charge is 0.338 e. The lowest BCUT2D eigenvalue weighted by Crippen LogP contribution is -2.33. The van der Waals surface area contributed by atoms with Gasteiger partial charge in [0.1, 0.15) is 5.75 Å². The number of hydrogen-bond donors (Lipinski definition) is 2. The third kappa shape index (κ3) is 6.75. The highest BCUT2D eigenvalue weighted by molar-refractivity contribution is 7.80. The molecular formula is C23H30N2O3S. The van der Waals surface area contributed by atoms with Gasteiger partial charge in [0, 0.05) is 5.69 Å². The number of methoxy groups -OCH3 is 1. The molecule has 29 heavy (non-hydrogen) atoms. The minimum absolute atomic E-state index is 0.0643. The summed E-state index contributed by atoms with van der Waals surface area (Å²) in [6.45, 7) is 8.46. The van der Waals surface area contributed by atoms with Crippen LogP contribution >= 0.6 is 12.2 Å². The van der Waals surface area contributed by atoms with E-state index in [0.717, 1.165) is 29.0 Å². The molecule has 2 aromatic carbocycles. The third-order valence-electron chi connectivity index (χ3n) is 4.53. The molecule has 1 unspecified atom stereocenters. The summed E-state index contributed by atoms with van der Waals surface area (Å²) >= 11 is 5.57. The van der Waals surface area contributed by atoms with Gasteiger partial charge in [0.05, 0.1) is 25.3 Å². The number of carbonyl (C=O) groups is 1. The van der Waals surface area contributed by atoms with Crippen LogP contribution in [0.5, 0.6) is 5.75 Å². The number of aryl methyl sites for hydroxylation is 1. The number of nitrogens with one attached hydrogen (secondary N) is 2. The summed E-state index contributed by atoms with van der Waals surface area (Å²) in [5, 5.41) is 7.16. The molecule has 0 aliphatic carbocycles. The number of esters is 1. The van der Waals surface area contributed by atoms with E-state index >= 15 is 0 Å². The van der Waals surface area contributed by atoms with Crippen LogP contribution in [0.3, 0.4) is 0 Å². The largest absolute Gasteiger partial charge is 0.497 e. The summed E-state index contributed by atoms with van der Waals surface area (Å²) in [5.74, 6) is 0.973. The van der Waals surface area contributed by atoms with Crippen molar-refractivity contribution in [2.45, 2.75) is 40.2 Å². The predicted molar refractivity (Wildman–Crippen MR) is 122 cm³/mol. The standard InChI is InChI=1S/C23H30N2O3S/c1-6-28-22(26)18-8-7-16(4)20(14-18)24-23(29)25-21(13-15(2)3)17-9-11-19(27-5)12-10-17/h7-12,14-15,21H,6,13H2,1-5H3,(H2,24,25,29). The number of thiocarbonyl (C=S) groups is 1. The maximum absolute atomic E-state index is 12.0. The fraction of sp³-hybridized carbons (Fsp3) is 0.391. The van der Waals surface area contributed by atoms with E-state index in [0.29, 0.717) is 23.2 Å². The van der Waals surface area contributed by atoms with Crippen molar-refractivity contribution in [1.29, 1.82) is 0 Å². The van der Waals surface area contributed by atoms with Crippen molar-refractivity contribution in [2.24, 2.45) is 5.92 Å². The minimum atomic E-state index is -0.342. The van der Waals surface area contributed by atoms with Gasteiger partial charge in [0.15, 0.2) is 5.11 Å². The molecule has 0 aliphatic heterocycles. The Morgan fingerprint density at radius 2 is 1.83 bits per heavy atom. The van der Waals surface area contributed by atoms with E-state index < -0.39 is 0 Å². The molecule has 5 nitrogen and oxygen atoms in total. The lowest BCUT2D eigenvalue weighted by atomic mass is 9.97. The molecule has 0 radical (unpaired) electrons. The molecular weight excluding hydrogens is 384 g/mol. The zero-order valence-electron chi connectivity index (χ0n) is 17.7. The topological polar surface area (TPSA) is 59.6 Å². The number of ether oxygens (including phenoxy) is 2. The summed E-state index contributed by atoms with van der Waals surface area (Å²) in [7, 11) is 1.66. The Hall–Kier alpha value is -2.60. The van der Waals surface area contributed by atoms with E-state index in [1.807, 2.05) is 37.3 Å². The van der Waals surface area contributed by atoms with Crippen LogP contribution in [-0.2, 0) is 4.74 Å². The van der Waals surface area contributed by atoms with Crippen molar-refractivity contribution in [2.75, 3.05) is 19.0 Å². The summed E-state index contributed by atoms with van der Waals surface area (Å²) in [6.07, 6.45) is 0.927. The Labute approximate surface area is 178 Å². The second-order valence-electron chi connectivity index (χ2n) is 7.30. The first-order valence-electron chi connectivity index (χ1n) is 9.83. The van der Waals surface area contributed by atoms with E-state index in [-0.39, 0.29) is 12.0 Å². The first kappa shape index (κ1) is 22.7. The van der Waals surface area contributed by atoms with Gasteiger partial charge in [-0.05, 0) is 73.8 Å². The first-order valence-corrected chi connectivity index (χ1v) is 10.2. The van der Waals surface area contributed by atoms with Gasteiger partial charge in [0.2, 0.25) is 0 Å². The van der Waals surface area contributed by atoms with Gasteiger partial charge in [-0.3, -0.25) is 0 Å². The number of carbonyl (C=O) groups excluding carboxylic acids is 1. The Balaban J connectivity index is 2.15. The summed E-state index contributed by atoms with van der Waals surface area (Å²) in [4.78, 5) is 12.0. The van der Waals surface area contributed by atoms with Crippen LogP contribution < -0.4 is 15.4 Å². The number of anilines is 1. The number of rotatable bonds is 8. The van der Waals surface area contributed by atoms with Gasteiger partial charge in [-0.2, -0.15) is 0 Å². The maximum atomic E-state index is 12.0. The predicted octanol–water partition coefficient (Wildman–Crippen LogP) is 5.25. The highest BCUT2D eigenvalue weighted by atomic mass is 32.1. The molecule has 0 saturated heterocycles. The van der Waals surface area contributed by atoms with Crippen LogP contribution in [0.1, 0.15) is 54.7 Å². The lowest BCUT2D eigenvalue weighted by molar-refractivity contribution is 0.0526. The van der Waals surface area contributed by atoms with Gasteiger partial charge in [-0.25, -0.2) is 4.79 Å². The van der Waals surface area contributed by atoms with Crippen molar-refractivity contribution in [3.05, 3.63) is 59.2 Å². The van der Waals surface area contributed by atoms with Gasteiger partial charge in [-0.15, -0.1) is 0 Å². The first-order chi connectivity index (χ1) is 13.8. The van der Waals surface area contributed by atoms with Gasteiger partial charge in [0.25, 0.3) is 0 Å². The van der Waals surface area contributed by atoms with Crippen molar-refractivity contribution in [1.82, 2.24) is 5.32 Å². The highest BCUT2D eigenvalue weighted by Crippen LogP contribution is 2.24. The van der Waals surface area contributed by atoms with Gasteiger partial charge in [-0.1, -0.05) is 32.0 Å². The molecule has 0 heterocycles. The van der Waals surface area contributed by atoms with Crippen LogP contribution in [0.15, 0.2) is 42.5 Å². The SMILES string of the molecule is CCOC(=O)c1ccc(C)c(NC(=S)NC(CC(C)C)c2ccc(OC)cc2)c1. The number of hydrogen-bond acceptors (Lipinski definition) is 4. The second kappa shape index (κ2) is 10.8. The molecule has 1 atom stereocenters. The second-order valence-corrected chi connectivity index (χ2v) is 7.71. The van der Waals surface area contributed by atoms with Crippen molar-refractivity contribution >= 4 is 29.0 Å². The highest BCUT2D eigenvalue weighted by Gasteiger charge is 2.16. The molecule has 2 N–H and O–H groups in total.